The second-order valence-electron chi connectivity index (χ2n) is 7.23. The minimum atomic E-state index is -0.904. The maximum atomic E-state index is 12.5. The predicted octanol–water partition coefficient (Wildman–Crippen LogP) is 3.99. The van der Waals surface area contributed by atoms with Gasteiger partial charge in [-0.1, -0.05) is 54.6 Å². The van der Waals surface area contributed by atoms with E-state index in [1.165, 1.54) is 0 Å². The van der Waals surface area contributed by atoms with Crippen LogP contribution in [-0.2, 0) is 13.6 Å². The standard InChI is InChI=1S/C25H24N2O3/c1-27-16-22(19-10-6-7-11-20(19)25(27)29)18-12-13-23(30-2)21(14-18)24(28)26-15-17-8-4-3-5-9-17/h3-14,16,24,26,28H,15H2,1-2H3. The molecule has 0 aliphatic rings. The van der Waals surface area contributed by atoms with Gasteiger partial charge in [0.2, 0.25) is 0 Å². The van der Waals surface area contributed by atoms with Crippen molar-refractivity contribution in [1.29, 1.82) is 0 Å². The van der Waals surface area contributed by atoms with Crippen molar-refractivity contribution >= 4 is 10.8 Å². The Balaban J connectivity index is 1.74. The molecule has 5 heteroatoms. The number of rotatable bonds is 6. The predicted molar refractivity (Wildman–Crippen MR) is 119 cm³/mol. The van der Waals surface area contributed by atoms with Crippen LogP contribution >= 0.6 is 0 Å². The van der Waals surface area contributed by atoms with Crippen molar-refractivity contribution in [1.82, 2.24) is 9.88 Å². The summed E-state index contributed by atoms with van der Waals surface area (Å²) in [7, 11) is 3.34. The first-order chi connectivity index (χ1) is 14.6. The minimum absolute atomic E-state index is 0.0346. The lowest BCUT2D eigenvalue weighted by Crippen LogP contribution is -2.21. The van der Waals surface area contributed by atoms with Gasteiger partial charge in [-0.15, -0.1) is 0 Å². The summed E-state index contributed by atoms with van der Waals surface area (Å²) in [5.74, 6) is 0.598. The van der Waals surface area contributed by atoms with Gasteiger partial charge in [0, 0.05) is 36.3 Å². The molecule has 5 nitrogen and oxygen atoms in total. The second kappa shape index (κ2) is 8.53. The molecule has 1 heterocycles. The third-order valence-corrected chi connectivity index (χ3v) is 5.27. The highest BCUT2D eigenvalue weighted by atomic mass is 16.5. The number of aliphatic hydroxyl groups excluding tert-OH is 1. The summed E-state index contributed by atoms with van der Waals surface area (Å²) in [6, 6.07) is 23.2. The summed E-state index contributed by atoms with van der Waals surface area (Å²) in [4.78, 5) is 12.5. The van der Waals surface area contributed by atoms with Crippen molar-refractivity contribution in [2.45, 2.75) is 12.8 Å². The lowest BCUT2D eigenvalue weighted by Gasteiger charge is -2.18. The van der Waals surface area contributed by atoms with Crippen LogP contribution in [0.25, 0.3) is 21.9 Å². The molecule has 0 radical (unpaired) electrons. The summed E-state index contributed by atoms with van der Waals surface area (Å²) in [6.07, 6.45) is 0.930. The Morgan fingerprint density at radius 2 is 1.70 bits per heavy atom. The number of nitrogens with one attached hydrogen (secondary N) is 1. The van der Waals surface area contributed by atoms with Gasteiger partial charge in [0.25, 0.3) is 5.56 Å². The Kier molecular flexibility index (Phi) is 5.65. The van der Waals surface area contributed by atoms with E-state index in [9.17, 15) is 9.90 Å². The molecule has 1 unspecified atom stereocenters. The molecule has 30 heavy (non-hydrogen) atoms. The molecule has 0 saturated carbocycles. The largest absolute Gasteiger partial charge is 0.496 e. The number of fused-ring (bicyclic) bond motifs is 1. The zero-order chi connectivity index (χ0) is 21.1. The summed E-state index contributed by atoms with van der Waals surface area (Å²) >= 11 is 0. The van der Waals surface area contributed by atoms with Gasteiger partial charge in [0.05, 0.1) is 7.11 Å². The second-order valence-corrected chi connectivity index (χ2v) is 7.23. The Bertz CT molecular complexity index is 1230. The summed E-state index contributed by atoms with van der Waals surface area (Å²) in [5.41, 5.74) is 3.51. The number of methoxy groups -OCH3 is 1. The van der Waals surface area contributed by atoms with Crippen molar-refractivity contribution < 1.29 is 9.84 Å². The molecule has 4 aromatic rings. The summed E-state index contributed by atoms with van der Waals surface area (Å²) in [5, 5.41) is 15.5. The number of aromatic nitrogens is 1. The van der Waals surface area contributed by atoms with Crippen LogP contribution in [0, 0.1) is 0 Å². The van der Waals surface area contributed by atoms with Crippen LogP contribution in [-0.4, -0.2) is 16.8 Å². The lowest BCUT2D eigenvalue weighted by atomic mass is 9.98. The first-order valence-electron chi connectivity index (χ1n) is 9.80. The minimum Gasteiger partial charge on any atom is -0.496 e. The maximum absolute atomic E-state index is 12.5. The average Bonchev–Trinajstić information content (AvgIpc) is 2.80. The van der Waals surface area contributed by atoms with Crippen LogP contribution in [0.5, 0.6) is 5.75 Å². The van der Waals surface area contributed by atoms with Crippen LogP contribution < -0.4 is 15.6 Å². The Morgan fingerprint density at radius 1 is 1.00 bits per heavy atom. The zero-order valence-corrected chi connectivity index (χ0v) is 17.0. The molecule has 0 aliphatic heterocycles. The Labute approximate surface area is 175 Å². The summed E-state index contributed by atoms with van der Waals surface area (Å²) < 4.78 is 7.07. The highest BCUT2D eigenvalue weighted by Gasteiger charge is 2.16. The maximum Gasteiger partial charge on any atom is 0.258 e. The monoisotopic (exact) mass is 400 g/mol. The van der Waals surface area contributed by atoms with E-state index in [0.717, 1.165) is 22.1 Å². The van der Waals surface area contributed by atoms with Gasteiger partial charge in [-0.2, -0.15) is 0 Å². The number of ether oxygens (including phenoxy) is 1. The molecule has 2 N–H and O–H groups in total. The lowest BCUT2D eigenvalue weighted by molar-refractivity contribution is 0.133. The highest BCUT2D eigenvalue weighted by Crippen LogP contribution is 2.33. The van der Waals surface area contributed by atoms with Crippen molar-refractivity contribution in [2.75, 3.05) is 7.11 Å². The molecule has 3 aromatic carbocycles. The molecule has 0 saturated heterocycles. The Hall–Kier alpha value is -3.41. The van der Waals surface area contributed by atoms with Gasteiger partial charge in [0.15, 0.2) is 0 Å². The fraction of sp³-hybridized carbons (Fsp3) is 0.160. The zero-order valence-electron chi connectivity index (χ0n) is 17.0. The molecule has 0 fully saturated rings. The number of hydrogen-bond donors (Lipinski definition) is 2. The van der Waals surface area contributed by atoms with E-state index in [4.69, 9.17) is 4.74 Å². The molecular formula is C25H24N2O3. The van der Waals surface area contributed by atoms with E-state index >= 15 is 0 Å². The molecule has 4 rings (SSSR count). The smallest absolute Gasteiger partial charge is 0.258 e. The van der Waals surface area contributed by atoms with Crippen LogP contribution in [0.15, 0.2) is 83.8 Å². The number of nitrogens with zero attached hydrogens (tertiary/aromatic N) is 1. The van der Waals surface area contributed by atoms with E-state index in [-0.39, 0.29) is 5.56 Å². The number of hydrogen-bond acceptors (Lipinski definition) is 4. The first-order valence-corrected chi connectivity index (χ1v) is 9.80. The first kappa shape index (κ1) is 19.9. The molecule has 1 atom stereocenters. The van der Waals surface area contributed by atoms with Crippen molar-refractivity contribution in [3.8, 4) is 16.9 Å². The van der Waals surface area contributed by atoms with Crippen molar-refractivity contribution in [2.24, 2.45) is 7.05 Å². The molecule has 0 amide bonds. The topological polar surface area (TPSA) is 63.5 Å². The van der Waals surface area contributed by atoms with Crippen molar-refractivity contribution in [3.05, 3.63) is 100 Å². The van der Waals surface area contributed by atoms with Gasteiger partial charge < -0.3 is 14.4 Å². The van der Waals surface area contributed by atoms with Crippen LogP contribution in [0.4, 0.5) is 0 Å². The fourth-order valence-electron chi connectivity index (χ4n) is 3.68. The van der Waals surface area contributed by atoms with Crippen molar-refractivity contribution in [3.63, 3.8) is 0 Å². The number of aliphatic hydroxyl groups is 1. The molecule has 152 valence electrons. The third kappa shape index (κ3) is 3.85. The summed E-state index contributed by atoms with van der Waals surface area (Å²) in [6.45, 7) is 0.526. The SMILES string of the molecule is COc1ccc(-c2cn(C)c(=O)c3ccccc23)cc1C(O)NCc1ccccc1. The quantitative estimate of drug-likeness (QED) is 0.480. The van der Waals surface area contributed by atoms with Gasteiger partial charge in [-0.05, 0) is 34.7 Å². The normalized spacial score (nSPS) is 12.1. The highest BCUT2D eigenvalue weighted by molar-refractivity contribution is 5.95. The van der Waals surface area contributed by atoms with Gasteiger partial charge >= 0.3 is 0 Å². The molecular weight excluding hydrogens is 376 g/mol. The molecule has 0 spiro atoms. The average molecular weight is 400 g/mol. The van der Waals surface area contributed by atoms with Gasteiger partial charge in [-0.3, -0.25) is 10.1 Å². The van der Waals surface area contributed by atoms with Crippen LogP contribution in [0.2, 0.25) is 0 Å². The Morgan fingerprint density at radius 3 is 2.43 bits per heavy atom. The number of pyridine rings is 1. The van der Waals surface area contributed by atoms with Crippen LogP contribution in [0.3, 0.4) is 0 Å². The number of benzene rings is 3. The van der Waals surface area contributed by atoms with E-state index in [1.54, 1.807) is 18.7 Å². The van der Waals surface area contributed by atoms with E-state index < -0.39 is 6.23 Å². The van der Waals surface area contributed by atoms with E-state index in [1.807, 2.05) is 79.0 Å². The molecule has 0 bridgehead atoms. The molecule has 0 aliphatic carbocycles. The van der Waals surface area contributed by atoms with Gasteiger partial charge in [0.1, 0.15) is 12.0 Å². The molecule has 1 aromatic heterocycles. The van der Waals surface area contributed by atoms with E-state index in [0.29, 0.717) is 23.2 Å². The van der Waals surface area contributed by atoms with E-state index in [2.05, 4.69) is 5.32 Å². The fourth-order valence-corrected chi connectivity index (χ4v) is 3.68. The van der Waals surface area contributed by atoms with Crippen LogP contribution in [0.1, 0.15) is 17.4 Å². The van der Waals surface area contributed by atoms with Gasteiger partial charge in [-0.25, -0.2) is 0 Å². The number of aryl methyl sites for hydroxylation is 1. The third-order valence-electron chi connectivity index (χ3n) is 5.27.